The SMILES string of the molecule is Cl.OP(O)O.c1ccc(-c2ccccc2)cc1. The minimum absolute atomic E-state index is 0. The van der Waals surface area contributed by atoms with Crippen molar-refractivity contribution >= 4 is 21.0 Å². The molecule has 3 nitrogen and oxygen atoms in total. The van der Waals surface area contributed by atoms with E-state index in [1.54, 1.807) is 0 Å². The molecule has 0 bridgehead atoms. The summed E-state index contributed by atoms with van der Waals surface area (Å²) in [7, 11) is -2.62. The standard InChI is InChI=1S/C12H10.ClH.H3O3P/c1-3-7-11(8-4-1)12-9-5-2-6-10-12;;1-4(2)3/h1-10H;1H;1-3H. The van der Waals surface area contributed by atoms with Crippen molar-refractivity contribution in [3.63, 3.8) is 0 Å². The van der Waals surface area contributed by atoms with Crippen molar-refractivity contribution in [2.24, 2.45) is 0 Å². The Hall–Kier alpha value is -0.960. The van der Waals surface area contributed by atoms with E-state index in [4.69, 9.17) is 14.7 Å². The maximum atomic E-state index is 7.23. The smallest absolute Gasteiger partial charge is 0.324 e. The van der Waals surface area contributed by atoms with E-state index in [2.05, 4.69) is 48.5 Å². The van der Waals surface area contributed by atoms with Gasteiger partial charge in [-0.3, -0.25) is 0 Å². The Morgan fingerprint density at radius 3 is 1.06 bits per heavy atom. The first-order valence-electron chi connectivity index (χ1n) is 4.67. The molecule has 0 aliphatic rings. The largest absolute Gasteiger partial charge is 0.328 e. The van der Waals surface area contributed by atoms with Gasteiger partial charge in [0.15, 0.2) is 0 Å². The van der Waals surface area contributed by atoms with Crippen molar-refractivity contribution in [3.8, 4) is 11.1 Å². The first-order valence-corrected chi connectivity index (χ1v) is 5.87. The molecule has 0 saturated carbocycles. The van der Waals surface area contributed by atoms with Gasteiger partial charge in [0.2, 0.25) is 0 Å². The van der Waals surface area contributed by atoms with Crippen LogP contribution in [0.4, 0.5) is 0 Å². The second kappa shape index (κ2) is 9.11. The lowest BCUT2D eigenvalue weighted by Gasteiger charge is -1.98. The molecule has 0 radical (unpaired) electrons. The van der Waals surface area contributed by atoms with Crippen molar-refractivity contribution in [1.82, 2.24) is 0 Å². The summed E-state index contributed by atoms with van der Waals surface area (Å²) in [5.74, 6) is 0. The summed E-state index contributed by atoms with van der Waals surface area (Å²) in [6, 6.07) is 20.8. The lowest BCUT2D eigenvalue weighted by molar-refractivity contribution is 0.368. The fourth-order valence-corrected chi connectivity index (χ4v) is 1.26. The van der Waals surface area contributed by atoms with Gasteiger partial charge in [-0.2, -0.15) is 0 Å². The highest BCUT2D eigenvalue weighted by Crippen LogP contribution is 2.17. The van der Waals surface area contributed by atoms with Gasteiger partial charge in [-0.15, -0.1) is 12.4 Å². The number of benzene rings is 2. The zero-order chi connectivity index (χ0) is 11.8. The Kier molecular flexibility index (Phi) is 8.60. The van der Waals surface area contributed by atoms with Gasteiger partial charge in [0.25, 0.3) is 0 Å². The average molecular weight is 273 g/mol. The predicted molar refractivity (Wildman–Crippen MR) is 72.7 cm³/mol. The number of hydrogen-bond acceptors (Lipinski definition) is 3. The Balaban J connectivity index is 0.000000453. The molecule has 0 fully saturated rings. The van der Waals surface area contributed by atoms with Crippen LogP contribution in [0, 0.1) is 0 Å². The van der Waals surface area contributed by atoms with Crippen LogP contribution in [0.3, 0.4) is 0 Å². The number of rotatable bonds is 1. The zero-order valence-corrected chi connectivity index (χ0v) is 10.7. The van der Waals surface area contributed by atoms with E-state index >= 15 is 0 Å². The molecular formula is C12H14ClO3P. The van der Waals surface area contributed by atoms with Crippen LogP contribution in [0.15, 0.2) is 60.7 Å². The highest BCUT2D eigenvalue weighted by Gasteiger charge is 1.91. The fourth-order valence-electron chi connectivity index (χ4n) is 1.26. The highest BCUT2D eigenvalue weighted by molar-refractivity contribution is 7.38. The third kappa shape index (κ3) is 7.05. The zero-order valence-electron chi connectivity index (χ0n) is 8.97. The summed E-state index contributed by atoms with van der Waals surface area (Å²) in [6.45, 7) is 0. The molecule has 2 rings (SSSR count). The van der Waals surface area contributed by atoms with E-state index in [-0.39, 0.29) is 12.4 Å². The van der Waals surface area contributed by atoms with E-state index in [1.165, 1.54) is 11.1 Å². The number of halogens is 1. The van der Waals surface area contributed by atoms with Gasteiger partial charge in [0, 0.05) is 0 Å². The van der Waals surface area contributed by atoms with Crippen molar-refractivity contribution in [1.29, 1.82) is 0 Å². The summed E-state index contributed by atoms with van der Waals surface area (Å²) < 4.78 is 0. The molecule has 0 aliphatic carbocycles. The second-order valence-corrected chi connectivity index (χ2v) is 3.54. The molecule has 5 heteroatoms. The Morgan fingerprint density at radius 1 is 0.588 bits per heavy atom. The molecule has 0 heterocycles. The molecule has 0 atom stereocenters. The predicted octanol–water partition coefficient (Wildman–Crippen LogP) is 2.97. The van der Waals surface area contributed by atoms with Gasteiger partial charge in [0.05, 0.1) is 0 Å². The third-order valence-corrected chi connectivity index (χ3v) is 1.88. The van der Waals surface area contributed by atoms with Gasteiger partial charge in [-0.1, -0.05) is 60.7 Å². The van der Waals surface area contributed by atoms with Crippen LogP contribution < -0.4 is 0 Å². The Labute approximate surface area is 108 Å². The van der Waals surface area contributed by atoms with Gasteiger partial charge >= 0.3 is 8.60 Å². The molecule has 0 spiro atoms. The van der Waals surface area contributed by atoms with Crippen LogP contribution in [0.1, 0.15) is 0 Å². The van der Waals surface area contributed by atoms with Crippen molar-refractivity contribution in [2.45, 2.75) is 0 Å². The molecule has 0 saturated heterocycles. The van der Waals surface area contributed by atoms with Crippen LogP contribution in [-0.2, 0) is 0 Å². The summed E-state index contributed by atoms with van der Waals surface area (Å²) in [5, 5.41) is 0. The first kappa shape index (κ1) is 16.0. The Morgan fingerprint density at radius 2 is 0.824 bits per heavy atom. The van der Waals surface area contributed by atoms with Gasteiger partial charge in [-0.05, 0) is 11.1 Å². The van der Waals surface area contributed by atoms with Gasteiger partial charge < -0.3 is 14.7 Å². The van der Waals surface area contributed by atoms with E-state index in [1.807, 2.05) is 12.1 Å². The van der Waals surface area contributed by atoms with Crippen molar-refractivity contribution in [3.05, 3.63) is 60.7 Å². The molecule has 17 heavy (non-hydrogen) atoms. The average Bonchev–Trinajstić information content (AvgIpc) is 2.31. The fraction of sp³-hybridized carbons (Fsp3) is 0. The second-order valence-electron chi connectivity index (χ2n) is 3.00. The normalized spacial score (nSPS) is 8.94. The van der Waals surface area contributed by atoms with E-state index < -0.39 is 8.60 Å². The minimum Gasteiger partial charge on any atom is -0.328 e. The van der Waals surface area contributed by atoms with Crippen molar-refractivity contribution < 1.29 is 14.7 Å². The molecule has 0 unspecified atom stereocenters. The molecule has 0 amide bonds. The first-order chi connectivity index (χ1) is 7.70. The van der Waals surface area contributed by atoms with Crippen LogP contribution in [0.2, 0.25) is 0 Å². The lowest BCUT2D eigenvalue weighted by atomic mass is 10.1. The molecule has 92 valence electrons. The quantitative estimate of drug-likeness (QED) is 0.700. The molecule has 0 aliphatic heterocycles. The monoisotopic (exact) mass is 272 g/mol. The van der Waals surface area contributed by atoms with Crippen LogP contribution in [0.5, 0.6) is 0 Å². The van der Waals surface area contributed by atoms with Gasteiger partial charge in [0.1, 0.15) is 0 Å². The molecule has 2 aromatic rings. The summed E-state index contributed by atoms with van der Waals surface area (Å²) in [6.07, 6.45) is 0. The van der Waals surface area contributed by atoms with Gasteiger partial charge in [-0.25, -0.2) is 0 Å². The molecular weight excluding hydrogens is 259 g/mol. The van der Waals surface area contributed by atoms with Crippen LogP contribution in [0.25, 0.3) is 11.1 Å². The topological polar surface area (TPSA) is 60.7 Å². The lowest BCUT2D eigenvalue weighted by Crippen LogP contribution is -1.73. The summed E-state index contributed by atoms with van der Waals surface area (Å²) >= 11 is 0. The van der Waals surface area contributed by atoms with Crippen LogP contribution in [-0.4, -0.2) is 14.7 Å². The van der Waals surface area contributed by atoms with E-state index in [9.17, 15) is 0 Å². The number of hydrogen-bond donors (Lipinski definition) is 3. The van der Waals surface area contributed by atoms with E-state index in [0.29, 0.717) is 0 Å². The molecule has 2 aromatic carbocycles. The molecule has 3 N–H and O–H groups in total. The Bertz CT molecular complexity index is 355. The third-order valence-electron chi connectivity index (χ3n) is 1.88. The summed E-state index contributed by atoms with van der Waals surface area (Å²) in [5.41, 5.74) is 2.55. The minimum atomic E-state index is -2.62. The van der Waals surface area contributed by atoms with E-state index in [0.717, 1.165) is 0 Å². The molecule has 0 aromatic heterocycles. The van der Waals surface area contributed by atoms with Crippen molar-refractivity contribution in [2.75, 3.05) is 0 Å². The maximum Gasteiger partial charge on any atom is 0.324 e. The van der Waals surface area contributed by atoms with Crippen LogP contribution >= 0.6 is 21.0 Å². The summed E-state index contributed by atoms with van der Waals surface area (Å²) in [4.78, 5) is 21.7. The highest BCUT2D eigenvalue weighted by atomic mass is 35.5. The maximum absolute atomic E-state index is 7.23.